The number of hydrogen-bond acceptors (Lipinski definition) is 4. The molecule has 1 aromatic carbocycles. The molecule has 1 aromatic rings. The molecule has 0 bridgehead atoms. The summed E-state index contributed by atoms with van der Waals surface area (Å²) >= 11 is 0. The molecule has 1 saturated heterocycles. The van der Waals surface area contributed by atoms with Gasteiger partial charge in [-0.1, -0.05) is 12.1 Å². The molecular weight excluding hydrogens is 258 g/mol. The van der Waals surface area contributed by atoms with Crippen LogP contribution in [-0.4, -0.2) is 28.2 Å². The van der Waals surface area contributed by atoms with E-state index in [-0.39, 0.29) is 12.3 Å². The Morgan fingerprint density at radius 2 is 1.75 bits per heavy atom. The predicted molar refractivity (Wildman–Crippen MR) is 72.4 cm³/mol. The number of carbonyl (C=O) groups excluding carboxylic acids is 2. The van der Waals surface area contributed by atoms with Gasteiger partial charge in [-0.3, -0.25) is 9.59 Å². The van der Waals surface area contributed by atoms with Gasteiger partial charge in [0.15, 0.2) is 0 Å². The second kappa shape index (κ2) is 4.21. The third kappa shape index (κ3) is 1.92. The first-order chi connectivity index (χ1) is 9.43. The number of hydrogen-bond donors (Lipinski definition) is 4. The molecule has 1 heterocycles. The molecule has 5 N–H and O–H groups in total. The van der Waals surface area contributed by atoms with E-state index in [1.165, 1.54) is 0 Å². The van der Waals surface area contributed by atoms with Gasteiger partial charge in [-0.25, -0.2) is 0 Å². The molecule has 1 saturated carbocycles. The van der Waals surface area contributed by atoms with E-state index in [2.05, 4.69) is 10.6 Å². The third-order valence-electron chi connectivity index (χ3n) is 4.13. The van der Waals surface area contributed by atoms with Crippen LogP contribution >= 0.6 is 0 Å². The lowest BCUT2D eigenvalue weighted by molar-refractivity contribution is -0.165. The number of rotatable bonds is 2. The maximum absolute atomic E-state index is 12.1. The average Bonchev–Trinajstić information content (AvgIpc) is 2.35. The lowest BCUT2D eigenvalue weighted by Crippen LogP contribution is -2.77. The fraction of sp³-hybridized carbons (Fsp3) is 0.429. The zero-order chi connectivity index (χ0) is 14.4. The summed E-state index contributed by atoms with van der Waals surface area (Å²) in [5.41, 5.74) is 4.22. The van der Waals surface area contributed by atoms with Crippen LogP contribution < -0.4 is 16.4 Å². The minimum atomic E-state index is -1.89. The number of nitrogen functional groups attached to an aromatic ring is 1. The Bertz CT molecular complexity index is 566. The number of amides is 2. The van der Waals surface area contributed by atoms with Crippen molar-refractivity contribution in [1.82, 2.24) is 10.6 Å². The monoisotopic (exact) mass is 275 g/mol. The summed E-state index contributed by atoms with van der Waals surface area (Å²) in [4.78, 5) is 24.2. The van der Waals surface area contributed by atoms with E-state index >= 15 is 0 Å². The summed E-state index contributed by atoms with van der Waals surface area (Å²) in [7, 11) is 0. The van der Waals surface area contributed by atoms with Crippen molar-refractivity contribution in [1.29, 1.82) is 0 Å². The average molecular weight is 275 g/mol. The van der Waals surface area contributed by atoms with Gasteiger partial charge >= 0.3 is 0 Å². The zero-order valence-electron chi connectivity index (χ0n) is 11.0. The first-order valence-corrected chi connectivity index (χ1v) is 6.66. The minimum Gasteiger partial charge on any atom is -0.399 e. The molecule has 1 spiro atoms. The van der Waals surface area contributed by atoms with Crippen molar-refractivity contribution in [3.63, 3.8) is 0 Å². The molecule has 20 heavy (non-hydrogen) atoms. The molecule has 1 aliphatic heterocycles. The SMILES string of the molecule is Nc1ccc(C[C@@]2(O)NC(=O)C3(CCC3)NC2=O)cc1. The van der Waals surface area contributed by atoms with E-state index < -0.39 is 17.2 Å². The number of nitrogens with two attached hydrogens (primary N) is 1. The molecule has 0 unspecified atom stereocenters. The highest BCUT2D eigenvalue weighted by molar-refractivity contribution is 6.02. The standard InChI is InChI=1S/C14H17N3O3/c15-10-4-2-9(3-5-10)8-14(20)12(19)16-13(6-1-7-13)11(18)17-14/h2-5,20H,1,6-8,15H2,(H,16,19)(H,17,18)/t14-/m0/s1. The summed E-state index contributed by atoms with van der Waals surface area (Å²) in [6.07, 6.45) is 2.18. The molecule has 1 aliphatic carbocycles. The van der Waals surface area contributed by atoms with Gasteiger partial charge in [-0.05, 0) is 37.0 Å². The van der Waals surface area contributed by atoms with Crippen molar-refractivity contribution in [2.75, 3.05) is 5.73 Å². The molecule has 6 heteroatoms. The van der Waals surface area contributed by atoms with E-state index in [0.29, 0.717) is 18.5 Å². The molecule has 0 aromatic heterocycles. The maximum atomic E-state index is 12.1. The highest BCUT2D eigenvalue weighted by Gasteiger charge is 2.55. The molecule has 0 radical (unpaired) electrons. The van der Waals surface area contributed by atoms with Gasteiger partial charge in [-0.15, -0.1) is 0 Å². The van der Waals surface area contributed by atoms with Crippen molar-refractivity contribution < 1.29 is 14.7 Å². The van der Waals surface area contributed by atoms with Gasteiger partial charge < -0.3 is 21.5 Å². The van der Waals surface area contributed by atoms with Crippen molar-refractivity contribution in [3.05, 3.63) is 29.8 Å². The van der Waals surface area contributed by atoms with Gasteiger partial charge in [0.2, 0.25) is 11.6 Å². The summed E-state index contributed by atoms with van der Waals surface area (Å²) in [6, 6.07) is 6.82. The van der Waals surface area contributed by atoms with Crippen molar-refractivity contribution in [2.24, 2.45) is 0 Å². The van der Waals surface area contributed by atoms with E-state index in [1.54, 1.807) is 24.3 Å². The minimum absolute atomic E-state index is 0.0148. The number of carbonyl (C=O) groups is 2. The number of piperazine rings is 1. The Labute approximate surface area is 116 Å². The Kier molecular flexibility index (Phi) is 2.72. The highest BCUT2D eigenvalue weighted by atomic mass is 16.3. The second-order valence-electron chi connectivity index (χ2n) is 5.62. The highest BCUT2D eigenvalue weighted by Crippen LogP contribution is 2.35. The fourth-order valence-electron chi connectivity index (χ4n) is 2.68. The summed E-state index contributed by atoms with van der Waals surface area (Å²) < 4.78 is 0. The van der Waals surface area contributed by atoms with Gasteiger partial charge in [0.25, 0.3) is 5.91 Å². The van der Waals surface area contributed by atoms with Crippen LogP contribution in [0.3, 0.4) is 0 Å². The van der Waals surface area contributed by atoms with Crippen LogP contribution in [0.5, 0.6) is 0 Å². The van der Waals surface area contributed by atoms with Gasteiger partial charge in [-0.2, -0.15) is 0 Å². The summed E-state index contributed by atoms with van der Waals surface area (Å²) in [5.74, 6) is -0.852. The van der Waals surface area contributed by atoms with E-state index in [0.717, 1.165) is 12.0 Å². The first kappa shape index (κ1) is 12.9. The smallest absolute Gasteiger partial charge is 0.274 e. The molecule has 1 atom stereocenters. The van der Waals surface area contributed by atoms with Crippen LogP contribution in [0, 0.1) is 0 Å². The molecule has 2 amide bonds. The Balaban J connectivity index is 1.79. The van der Waals surface area contributed by atoms with Crippen LogP contribution in [-0.2, 0) is 16.0 Å². The van der Waals surface area contributed by atoms with Crippen molar-refractivity contribution >= 4 is 17.5 Å². The lowest BCUT2D eigenvalue weighted by Gasteiger charge is -2.48. The predicted octanol–water partition coefficient (Wildman–Crippen LogP) is -0.331. The van der Waals surface area contributed by atoms with Crippen LogP contribution in [0.25, 0.3) is 0 Å². The molecule has 6 nitrogen and oxygen atoms in total. The molecule has 2 fully saturated rings. The molecular formula is C14H17N3O3. The molecule has 3 rings (SSSR count). The zero-order valence-corrected chi connectivity index (χ0v) is 11.0. The van der Waals surface area contributed by atoms with Crippen LogP contribution in [0.15, 0.2) is 24.3 Å². The lowest BCUT2D eigenvalue weighted by atomic mass is 9.73. The van der Waals surface area contributed by atoms with Crippen LogP contribution in [0.4, 0.5) is 5.69 Å². The Hall–Kier alpha value is -2.08. The van der Waals surface area contributed by atoms with Crippen molar-refractivity contribution in [3.8, 4) is 0 Å². The topological polar surface area (TPSA) is 104 Å². The summed E-state index contributed by atoms with van der Waals surface area (Å²) in [6.45, 7) is 0. The number of anilines is 1. The van der Waals surface area contributed by atoms with Crippen LogP contribution in [0.2, 0.25) is 0 Å². The Morgan fingerprint density at radius 3 is 2.30 bits per heavy atom. The van der Waals surface area contributed by atoms with E-state index in [1.807, 2.05) is 0 Å². The fourth-order valence-corrected chi connectivity index (χ4v) is 2.68. The van der Waals surface area contributed by atoms with Crippen molar-refractivity contribution in [2.45, 2.75) is 36.9 Å². The van der Waals surface area contributed by atoms with Gasteiger partial charge in [0.05, 0.1) is 0 Å². The second-order valence-corrected chi connectivity index (χ2v) is 5.62. The quantitative estimate of drug-likeness (QED) is 0.555. The number of aliphatic hydroxyl groups is 1. The maximum Gasteiger partial charge on any atom is 0.274 e. The van der Waals surface area contributed by atoms with E-state index in [4.69, 9.17) is 5.73 Å². The third-order valence-corrected chi connectivity index (χ3v) is 4.13. The first-order valence-electron chi connectivity index (χ1n) is 6.66. The number of nitrogens with one attached hydrogen (secondary N) is 2. The normalized spacial score (nSPS) is 27.6. The Morgan fingerprint density at radius 1 is 1.10 bits per heavy atom. The largest absolute Gasteiger partial charge is 0.399 e. The number of benzene rings is 1. The van der Waals surface area contributed by atoms with Crippen LogP contribution in [0.1, 0.15) is 24.8 Å². The summed E-state index contributed by atoms with van der Waals surface area (Å²) in [5, 5.41) is 15.6. The molecule has 106 valence electrons. The molecule has 2 aliphatic rings. The van der Waals surface area contributed by atoms with E-state index in [9.17, 15) is 14.7 Å². The van der Waals surface area contributed by atoms with Gasteiger partial charge in [0.1, 0.15) is 5.54 Å². The van der Waals surface area contributed by atoms with Gasteiger partial charge in [0, 0.05) is 12.1 Å².